The lowest BCUT2D eigenvalue weighted by molar-refractivity contribution is 0.444. The Bertz CT molecular complexity index is 674. The topological polar surface area (TPSA) is 100 Å². The number of nitrogens with one attached hydrogen (secondary N) is 3. The van der Waals surface area contributed by atoms with Gasteiger partial charge in [0.05, 0.1) is 13.1 Å². The van der Waals surface area contributed by atoms with Gasteiger partial charge in [0.15, 0.2) is 0 Å². The lowest BCUT2D eigenvalue weighted by Gasteiger charge is -2.04. The summed E-state index contributed by atoms with van der Waals surface area (Å²) in [6.07, 6.45) is 3.21. The number of aromatic nitrogens is 2. The van der Waals surface area contributed by atoms with Crippen LogP contribution < -0.4 is 10.0 Å². The van der Waals surface area contributed by atoms with Crippen molar-refractivity contribution in [1.82, 2.24) is 20.0 Å². The summed E-state index contributed by atoms with van der Waals surface area (Å²) < 4.78 is 32.5. The molecule has 0 amide bonds. The predicted octanol–water partition coefficient (Wildman–Crippen LogP) is 1.29. The molecular formula is C13H20N4O3S. The van der Waals surface area contributed by atoms with E-state index in [1.165, 1.54) is 0 Å². The molecule has 2 aromatic heterocycles. The molecule has 0 bridgehead atoms. The highest BCUT2D eigenvalue weighted by atomic mass is 32.2. The Morgan fingerprint density at radius 2 is 2.14 bits per heavy atom. The minimum Gasteiger partial charge on any atom is -0.464 e. The number of aromatic amines is 1. The zero-order valence-corrected chi connectivity index (χ0v) is 13.1. The second kappa shape index (κ2) is 6.42. The van der Waals surface area contributed by atoms with E-state index in [1.54, 1.807) is 25.4 Å². The highest BCUT2D eigenvalue weighted by molar-refractivity contribution is 7.89. The van der Waals surface area contributed by atoms with E-state index in [0.29, 0.717) is 29.9 Å². The number of nitrogens with zero attached hydrogens (tertiary/aromatic N) is 1. The summed E-state index contributed by atoms with van der Waals surface area (Å²) in [7, 11) is -3.62. The van der Waals surface area contributed by atoms with E-state index in [-0.39, 0.29) is 11.4 Å². The Kier molecular flexibility index (Phi) is 4.81. The molecule has 2 rings (SSSR count). The molecule has 2 heterocycles. The van der Waals surface area contributed by atoms with Gasteiger partial charge in [0, 0.05) is 24.5 Å². The fourth-order valence-electron chi connectivity index (χ4n) is 1.82. The average molecular weight is 312 g/mol. The summed E-state index contributed by atoms with van der Waals surface area (Å²) in [6, 6.07) is 1.85. The summed E-state index contributed by atoms with van der Waals surface area (Å²) in [5, 5.41) is 3.18. The third-order valence-electron chi connectivity index (χ3n) is 2.88. The van der Waals surface area contributed by atoms with Crippen molar-refractivity contribution < 1.29 is 12.8 Å². The van der Waals surface area contributed by atoms with Crippen molar-refractivity contribution in [3.63, 3.8) is 0 Å². The number of rotatable bonds is 7. The fraction of sp³-hybridized carbons (Fsp3) is 0.462. The maximum absolute atomic E-state index is 12.3. The number of aryl methyl sites for hydroxylation is 1. The first-order chi connectivity index (χ1) is 9.88. The lowest BCUT2D eigenvalue weighted by atomic mass is 10.3. The number of H-pyrrole nitrogens is 1. The largest absolute Gasteiger partial charge is 0.464 e. The van der Waals surface area contributed by atoms with Crippen LogP contribution in [0.5, 0.6) is 0 Å². The van der Waals surface area contributed by atoms with Crippen LogP contribution in [0.2, 0.25) is 0 Å². The van der Waals surface area contributed by atoms with Gasteiger partial charge in [-0.3, -0.25) is 0 Å². The Morgan fingerprint density at radius 3 is 2.76 bits per heavy atom. The molecule has 0 aliphatic heterocycles. The molecule has 8 heteroatoms. The Morgan fingerprint density at radius 1 is 1.38 bits per heavy atom. The molecule has 0 saturated carbocycles. The van der Waals surface area contributed by atoms with Crippen molar-refractivity contribution in [1.29, 1.82) is 0 Å². The van der Waals surface area contributed by atoms with Crippen LogP contribution in [0.4, 0.5) is 0 Å². The fourth-order valence-corrected chi connectivity index (χ4v) is 3.01. The minimum atomic E-state index is -3.62. The van der Waals surface area contributed by atoms with Gasteiger partial charge >= 0.3 is 0 Å². The molecule has 0 saturated heterocycles. The first-order valence-corrected chi connectivity index (χ1v) is 8.17. The SMILES string of the molecule is Cc1oc(CNC(C)C)cc1S(=O)(=O)NCc1ncc[nH]1. The molecule has 0 radical (unpaired) electrons. The van der Waals surface area contributed by atoms with Crippen LogP contribution in [0, 0.1) is 6.92 Å². The maximum Gasteiger partial charge on any atom is 0.244 e. The van der Waals surface area contributed by atoms with E-state index in [9.17, 15) is 8.42 Å². The van der Waals surface area contributed by atoms with Crippen molar-refractivity contribution in [3.05, 3.63) is 35.8 Å². The number of imidazole rings is 1. The smallest absolute Gasteiger partial charge is 0.244 e. The predicted molar refractivity (Wildman–Crippen MR) is 78.0 cm³/mol. The second-order valence-corrected chi connectivity index (χ2v) is 6.76. The van der Waals surface area contributed by atoms with Crippen molar-refractivity contribution in [2.75, 3.05) is 0 Å². The zero-order chi connectivity index (χ0) is 15.5. The van der Waals surface area contributed by atoms with E-state index in [0.717, 1.165) is 0 Å². The number of furan rings is 1. The summed E-state index contributed by atoms with van der Waals surface area (Å²) in [4.78, 5) is 6.98. The Balaban J connectivity index is 2.08. The molecule has 0 unspecified atom stereocenters. The van der Waals surface area contributed by atoms with E-state index in [1.807, 2.05) is 13.8 Å². The van der Waals surface area contributed by atoms with Gasteiger partial charge in [0.1, 0.15) is 22.2 Å². The molecule has 0 aliphatic carbocycles. The Hall–Kier alpha value is -1.64. The number of hydrogen-bond donors (Lipinski definition) is 3. The summed E-state index contributed by atoms with van der Waals surface area (Å²) in [5.41, 5.74) is 0. The monoisotopic (exact) mass is 312 g/mol. The van der Waals surface area contributed by atoms with Crippen LogP contribution in [0.1, 0.15) is 31.2 Å². The molecule has 0 atom stereocenters. The standard InChI is InChI=1S/C13H20N4O3S/c1-9(2)16-7-11-6-12(10(3)20-11)21(18,19)17-8-13-14-4-5-15-13/h4-6,9,16-17H,7-8H2,1-3H3,(H,14,15). The van der Waals surface area contributed by atoms with Crippen molar-refractivity contribution in [3.8, 4) is 0 Å². The molecule has 3 N–H and O–H groups in total. The van der Waals surface area contributed by atoms with Gasteiger partial charge in [-0.05, 0) is 6.92 Å². The van der Waals surface area contributed by atoms with Crippen LogP contribution in [0.3, 0.4) is 0 Å². The first-order valence-electron chi connectivity index (χ1n) is 6.69. The molecular weight excluding hydrogens is 292 g/mol. The van der Waals surface area contributed by atoms with E-state index in [4.69, 9.17) is 4.42 Å². The average Bonchev–Trinajstić information content (AvgIpc) is 3.03. The van der Waals surface area contributed by atoms with E-state index in [2.05, 4.69) is 20.0 Å². The van der Waals surface area contributed by atoms with Crippen molar-refractivity contribution in [2.45, 2.75) is 44.8 Å². The van der Waals surface area contributed by atoms with Gasteiger partial charge in [0.25, 0.3) is 0 Å². The quantitative estimate of drug-likeness (QED) is 0.715. The number of sulfonamides is 1. The van der Waals surface area contributed by atoms with Crippen molar-refractivity contribution in [2.24, 2.45) is 0 Å². The lowest BCUT2D eigenvalue weighted by Crippen LogP contribution is -2.24. The molecule has 2 aromatic rings. The molecule has 116 valence electrons. The van der Waals surface area contributed by atoms with Gasteiger partial charge in [-0.2, -0.15) is 0 Å². The van der Waals surface area contributed by atoms with Gasteiger partial charge in [0.2, 0.25) is 10.0 Å². The first kappa shape index (κ1) is 15.7. The second-order valence-electron chi connectivity index (χ2n) is 5.03. The van der Waals surface area contributed by atoms with Crippen LogP contribution in [0.25, 0.3) is 0 Å². The maximum atomic E-state index is 12.3. The van der Waals surface area contributed by atoms with Crippen LogP contribution in [-0.2, 0) is 23.1 Å². The van der Waals surface area contributed by atoms with Gasteiger partial charge < -0.3 is 14.7 Å². The summed E-state index contributed by atoms with van der Waals surface area (Å²) >= 11 is 0. The van der Waals surface area contributed by atoms with Crippen LogP contribution in [-0.4, -0.2) is 24.4 Å². The van der Waals surface area contributed by atoms with Gasteiger partial charge in [-0.15, -0.1) is 0 Å². The highest BCUT2D eigenvalue weighted by Crippen LogP contribution is 2.20. The Labute approximate surface area is 124 Å². The highest BCUT2D eigenvalue weighted by Gasteiger charge is 2.21. The molecule has 0 fully saturated rings. The molecule has 0 aliphatic rings. The molecule has 0 spiro atoms. The van der Waals surface area contributed by atoms with E-state index >= 15 is 0 Å². The zero-order valence-electron chi connectivity index (χ0n) is 12.3. The molecule has 21 heavy (non-hydrogen) atoms. The van der Waals surface area contributed by atoms with Crippen LogP contribution >= 0.6 is 0 Å². The molecule has 0 aromatic carbocycles. The summed E-state index contributed by atoms with van der Waals surface area (Å²) in [6.45, 7) is 6.27. The van der Waals surface area contributed by atoms with Crippen LogP contribution in [0.15, 0.2) is 27.8 Å². The third kappa shape index (κ3) is 4.16. The normalized spacial score (nSPS) is 12.2. The molecule has 7 nitrogen and oxygen atoms in total. The third-order valence-corrected chi connectivity index (χ3v) is 4.39. The van der Waals surface area contributed by atoms with Gasteiger partial charge in [-0.1, -0.05) is 13.8 Å². The van der Waals surface area contributed by atoms with E-state index < -0.39 is 10.0 Å². The summed E-state index contributed by atoms with van der Waals surface area (Å²) in [5.74, 6) is 1.53. The minimum absolute atomic E-state index is 0.111. The van der Waals surface area contributed by atoms with Gasteiger partial charge in [-0.25, -0.2) is 18.1 Å². The number of hydrogen-bond acceptors (Lipinski definition) is 5. The van der Waals surface area contributed by atoms with Crippen molar-refractivity contribution >= 4 is 10.0 Å².